The quantitative estimate of drug-likeness (QED) is 0.535. The molecule has 0 aliphatic carbocycles. The smallest absolute Gasteiger partial charge is 0.207 e. The number of rotatable bonds is 2. The van der Waals surface area contributed by atoms with Crippen LogP contribution in [0.1, 0.15) is 11.3 Å². The maximum absolute atomic E-state index is 4.68. The molecule has 0 N–H and O–H groups in total. The van der Waals surface area contributed by atoms with E-state index in [1.165, 1.54) is 16.0 Å². The standard InChI is InChI=1S/C18H15N3S/c1-12-8-10-14(11-9-12)16-13(2)21-18(22-16)19-17(20-21)15-6-4-3-5-7-15/h3-11H,1-2H3. The third kappa shape index (κ3) is 2.12. The summed E-state index contributed by atoms with van der Waals surface area (Å²) in [6.45, 7) is 4.20. The number of nitrogens with zero attached hydrogens (tertiary/aromatic N) is 3. The van der Waals surface area contributed by atoms with Crippen molar-refractivity contribution in [3.05, 3.63) is 65.9 Å². The highest BCUT2D eigenvalue weighted by molar-refractivity contribution is 7.20. The summed E-state index contributed by atoms with van der Waals surface area (Å²) in [6, 6.07) is 18.7. The van der Waals surface area contributed by atoms with Gasteiger partial charge in [0.2, 0.25) is 4.96 Å². The van der Waals surface area contributed by atoms with Crippen LogP contribution in [0, 0.1) is 13.8 Å². The molecule has 0 bridgehead atoms. The highest BCUT2D eigenvalue weighted by Crippen LogP contribution is 2.33. The molecule has 4 rings (SSSR count). The molecule has 22 heavy (non-hydrogen) atoms. The van der Waals surface area contributed by atoms with Gasteiger partial charge in [-0.25, -0.2) is 4.52 Å². The van der Waals surface area contributed by atoms with Gasteiger partial charge in [0.05, 0.1) is 10.6 Å². The summed E-state index contributed by atoms with van der Waals surface area (Å²) >= 11 is 1.69. The Hall–Kier alpha value is -2.46. The summed E-state index contributed by atoms with van der Waals surface area (Å²) in [6.07, 6.45) is 0. The molecule has 0 amide bonds. The Kier molecular flexibility index (Phi) is 3.05. The lowest BCUT2D eigenvalue weighted by molar-refractivity contribution is 0.938. The van der Waals surface area contributed by atoms with E-state index in [1.807, 2.05) is 34.8 Å². The molecule has 0 radical (unpaired) electrons. The van der Waals surface area contributed by atoms with Gasteiger partial charge in [0.1, 0.15) is 0 Å². The summed E-state index contributed by atoms with van der Waals surface area (Å²) in [7, 11) is 0. The minimum Gasteiger partial charge on any atom is -0.207 e. The second kappa shape index (κ2) is 5.07. The van der Waals surface area contributed by atoms with E-state index >= 15 is 0 Å². The predicted octanol–water partition coefficient (Wildman–Crippen LogP) is 4.74. The van der Waals surface area contributed by atoms with E-state index in [9.17, 15) is 0 Å². The van der Waals surface area contributed by atoms with Gasteiger partial charge in [0, 0.05) is 5.56 Å². The Morgan fingerprint density at radius 1 is 0.864 bits per heavy atom. The molecule has 2 heterocycles. The van der Waals surface area contributed by atoms with Crippen molar-refractivity contribution in [1.29, 1.82) is 0 Å². The maximum atomic E-state index is 4.68. The molecule has 0 aliphatic rings. The lowest BCUT2D eigenvalue weighted by Crippen LogP contribution is -1.89. The summed E-state index contributed by atoms with van der Waals surface area (Å²) in [5.74, 6) is 0.783. The third-order valence-corrected chi connectivity index (χ3v) is 4.94. The van der Waals surface area contributed by atoms with Crippen LogP contribution in [0.2, 0.25) is 0 Å². The second-order valence-corrected chi connectivity index (χ2v) is 6.36. The zero-order chi connectivity index (χ0) is 15.1. The monoisotopic (exact) mass is 305 g/mol. The van der Waals surface area contributed by atoms with Gasteiger partial charge >= 0.3 is 0 Å². The third-order valence-electron chi connectivity index (χ3n) is 3.76. The second-order valence-electron chi connectivity index (χ2n) is 5.38. The van der Waals surface area contributed by atoms with Crippen LogP contribution in [0.3, 0.4) is 0 Å². The molecule has 108 valence electrons. The van der Waals surface area contributed by atoms with Crippen LogP contribution in [0.15, 0.2) is 54.6 Å². The molecule has 2 aromatic heterocycles. The fourth-order valence-corrected chi connectivity index (χ4v) is 3.59. The van der Waals surface area contributed by atoms with Crippen molar-refractivity contribution in [2.75, 3.05) is 0 Å². The lowest BCUT2D eigenvalue weighted by atomic mass is 10.1. The van der Waals surface area contributed by atoms with Crippen molar-refractivity contribution in [1.82, 2.24) is 14.6 Å². The van der Waals surface area contributed by atoms with Crippen molar-refractivity contribution >= 4 is 16.3 Å². The Balaban J connectivity index is 1.82. The van der Waals surface area contributed by atoms with E-state index in [2.05, 4.69) is 48.2 Å². The average molecular weight is 305 g/mol. The number of hydrogen-bond acceptors (Lipinski definition) is 3. The fraction of sp³-hybridized carbons (Fsp3) is 0.111. The molecule has 0 spiro atoms. The van der Waals surface area contributed by atoms with Crippen LogP contribution in [0.25, 0.3) is 26.8 Å². The summed E-state index contributed by atoms with van der Waals surface area (Å²) in [4.78, 5) is 6.85. The van der Waals surface area contributed by atoms with E-state index in [1.54, 1.807) is 11.3 Å². The van der Waals surface area contributed by atoms with Gasteiger partial charge in [-0.15, -0.1) is 5.10 Å². The minimum atomic E-state index is 0.783. The first-order valence-corrected chi connectivity index (χ1v) is 8.02. The Morgan fingerprint density at radius 3 is 2.27 bits per heavy atom. The molecule has 2 aromatic carbocycles. The van der Waals surface area contributed by atoms with E-state index < -0.39 is 0 Å². The van der Waals surface area contributed by atoms with Gasteiger partial charge < -0.3 is 0 Å². The van der Waals surface area contributed by atoms with Gasteiger partial charge in [-0.3, -0.25) is 0 Å². The molecule has 3 nitrogen and oxygen atoms in total. The van der Waals surface area contributed by atoms with E-state index in [0.29, 0.717) is 0 Å². The van der Waals surface area contributed by atoms with E-state index in [0.717, 1.165) is 22.0 Å². The topological polar surface area (TPSA) is 30.2 Å². The Bertz CT molecular complexity index is 934. The summed E-state index contributed by atoms with van der Waals surface area (Å²) in [5, 5.41) is 4.66. The number of aryl methyl sites for hydroxylation is 2. The predicted molar refractivity (Wildman–Crippen MR) is 91.2 cm³/mol. The molecule has 4 aromatic rings. The zero-order valence-corrected chi connectivity index (χ0v) is 13.3. The number of fused-ring (bicyclic) bond motifs is 1. The first-order chi connectivity index (χ1) is 10.7. The molecule has 0 atom stereocenters. The van der Waals surface area contributed by atoms with Crippen molar-refractivity contribution in [3.8, 4) is 21.8 Å². The number of thiazole rings is 1. The normalized spacial score (nSPS) is 11.2. The Labute approximate surface area is 132 Å². The average Bonchev–Trinajstić information content (AvgIpc) is 3.09. The highest BCUT2D eigenvalue weighted by Gasteiger charge is 2.15. The van der Waals surface area contributed by atoms with Gasteiger partial charge in [0.15, 0.2) is 5.82 Å². The first-order valence-electron chi connectivity index (χ1n) is 7.21. The summed E-state index contributed by atoms with van der Waals surface area (Å²) in [5.41, 5.74) is 4.68. The fourth-order valence-electron chi connectivity index (χ4n) is 2.53. The van der Waals surface area contributed by atoms with Gasteiger partial charge in [-0.2, -0.15) is 4.98 Å². The van der Waals surface area contributed by atoms with Crippen LogP contribution in [-0.2, 0) is 0 Å². The van der Waals surface area contributed by atoms with Crippen molar-refractivity contribution < 1.29 is 0 Å². The number of benzene rings is 2. The van der Waals surface area contributed by atoms with Crippen LogP contribution >= 0.6 is 11.3 Å². The van der Waals surface area contributed by atoms with Crippen molar-refractivity contribution in [3.63, 3.8) is 0 Å². The van der Waals surface area contributed by atoms with E-state index in [4.69, 9.17) is 0 Å². The van der Waals surface area contributed by atoms with E-state index in [-0.39, 0.29) is 0 Å². The molecule has 0 saturated carbocycles. The van der Waals surface area contributed by atoms with Crippen molar-refractivity contribution in [2.24, 2.45) is 0 Å². The molecule has 4 heteroatoms. The zero-order valence-electron chi connectivity index (χ0n) is 12.4. The molecule has 0 aliphatic heterocycles. The maximum Gasteiger partial charge on any atom is 0.213 e. The highest BCUT2D eigenvalue weighted by atomic mass is 32.1. The molecular weight excluding hydrogens is 290 g/mol. The van der Waals surface area contributed by atoms with Crippen LogP contribution in [-0.4, -0.2) is 14.6 Å². The SMILES string of the molecule is Cc1ccc(-c2sc3nc(-c4ccccc4)nn3c2C)cc1. The molecule has 0 unspecified atom stereocenters. The largest absolute Gasteiger partial charge is 0.213 e. The van der Waals surface area contributed by atoms with Crippen LogP contribution < -0.4 is 0 Å². The van der Waals surface area contributed by atoms with Gasteiger partial charge in [0.25, 0.3) is 0 Å². The number of aromatic nitrogens is 3. The van der Waals surface area contributed by atoms with Gasteiger partial charge in [-0.1, -0.05) is 71.5 Å². The van der Waals surface area contributed by atoms with Crippen molar-refractivity contribution in [2.45, 2.75) is 13.8 Å². The lowest BCUT2D eigenvalue weighted by Gasteiger charge is -2.00. The molecular formula is C18H15N3S. The first kappa shape index (κ1) is 13.2. The Morgan fingerprint density at radius 2 is 1.59 bits per heavy atom. The summed E-state index contributed by atoms with van der Waals surface area (Å²) < 4.78 is 1.95. The van der Waals surface area contributed by atoms with Gasteiger partial charge in [-0.05, 0) is 19.4 Å². The minimum absolute atomic E-state index is 0.783. The van der Waals surface area contributed by atoms with Crippen LogP contribution in [0.4, 0.5) is 0 Å². The molecule has 0 saturated heterocycles. The van der Waals surface area contributed by atoms with Crippen LogP contribution in [0.5, 0.6) is 0 Å². The number of hydrogen-bond donors (Lipinski definition) is 0. The molecule has 0 fully saturated rings.